The molecule has 2 aromatic carbocycles. The molecule has 0 spiro atoms. The summed E-state index contributed by atoms with van der Waals surface area (Å²) in [6.07, 6.45) is 0. The van der Waals surface area contributed by atoms with Crippen LogP contribution in [0.3, 0.4) is 0 Å². The molecule has 0 aromatic heterocycles. The van der Waals surface area contributed by atoms with Gasteiger partial charge in [0, 0.05) is 11.9 Å². The summed E-state index contributed by atoms with van der Waals surface area (Å²) in [5.41, 5.74) is 1.05. The predicted octanol–water partition coefficient (Wildman–Crippen LogP) is 4.28. The average molecular weight is 321 g/mol. The molecule has 0 heterocycles. The molecule has 0 saturated heterocycles. The topological polar surface area (TPSA) is 20.3 Å². The first-order chi connectivity index (χ1) is 10.5. The number of benzene rings is 2. The molecule has 1 atom stereocenters. The van der Waals surface area contributed by atoms with E-state index in [0.717, 1.165) is 17.7 Å². The summed E-state index contributed by atoms with van der Waals surface area (Å²) >= 11 is 1.19. The number of halogens is 2. The maximum atomic E-state index is 13.1. The van der Waals surface area contributed by atoms with Gasteiger partial charge >= 0.3 is 0 Å². The Kier molecular flexibility index (Phi) is 5.55. The van der Waals surface area contributed by atoms with Crippen molar-refractivity contribution < 1.29 is 13.6 Å². The molecule has 0 aliphatic heterocycles. The third-order valence-corrected chi connectivity index (χ3v) is 4.49. The van der Waals surface area contributed by atoms with Crippen molar-refractivity contribution in [2.45, 2.75) is 17.9 Å². The van der Waals surface area contributed by atoms with Crippen LogP contribution in [-0.2, 0) is 4.79 Å². The van der Waals surface area contributed by atoms with Crippen LogP contribution in [0.5, 0.6) is 0 Å². The van der Waals surface area contributed by atoms with Crippen LogP contribution >= 0.6 is 11.8 Å². The molecule has 0 fully saturated rings. The molecule has 116 valence electrons. The number of carbonyl (C=O) groups excluding carboxylic acids is 1. The molecule has 0 radical (unpaired) electrons. The Hall–Kier alpha value is -1.88. The van der Waals surface area contributed by atoms with Crippen molar-refractivity contribution in [1.82, 2.24) is 4.90 Å². The summed E-state index contributed by atoms with van der Waals surface area (Å²) in [6, 6.07) is 13.3. The average Bonchev–Trinajstić information content (AvgIpc) is 2.55. The van der Waals surface area contributed by atoms with Gasteiger partial charge in [0.25, 0.3) is 0 Å². The Labute approximate surface area is 133 Å². The first-order valence-electron chi connectivity index (χ1n) is 6.87. The fourth-order valence-electron chi connectivity index (χ4n) is 1.98. The van der Waals surface area contributed by atoms with Crippen molar-refractivity contribution in [3.05, 3.63) is 65.7 Å². The second-order valence-electron chi connectivity index (χ2n) is 4.96. The van der Waals surface area contributed by atoms with Crippen molar-refractivity contribution >= 4 is 17.7 Å². The van der Waals surface area contributed by atoms with Gasteiger partial charge in [-0.2, -0.15) is 0 Å². The summed E-state index contributed by atoms with van der Waals surface area (Å²) in [6.45, 7) is 1.95. The van der Waals surface area contributed by atoms with E-state index >= 15 is 0 Å². The van der Waals surface area contributed by atoms with Crippen LogP contribution in [-0.4, -0.2) is 23.6 Å². The van der Waals surface area contributed by atoms with Crippen LogP contribution < -0.4 is 0 Å². The number of nitrogens with zero attached hydrogens (tertiary/aromatic N) is 1. The molecule has 5 heteroatoms. The highest BCUT2D eigenvalue weighted by atomic mass is 32.2. The largest absolute Gasteiger partial charge is 0.338 e. The standard InChI is InChI=1S/C17H17F2NOS/c1-12(13-6-4-3-5-7-13)20(2)17(21)11-22-14-8-9-15(18)16(19)10-14/h3-10,12H,11H2,1-2H3. The summed E-state index contributed by atoms with van der Waals surface area (Å²) in [5.74, 6) is -1.67. The molecule has 2 aromatic rings. The van der Waals surface area contributed by atoms with Gasteiger partial charge in [-0.15, -0.1) is 11.8 Å². The lowest BCUT2D eigenvalue weighted by atomic mass is 10.1. The van der Waals surface area contributed by atoms with Crippen molar-refractivity contribution in [1.29, 1.82) is 0 Å². The molecule has 2 rings (SSSR count). The Morgan fingerprint density at radius 2 is 1.82 bits per heavy atom. The smallest absolute Gasteiger partial charge is 0.233 e. The molecule has 2 nitrogen and oxygen atoms in total. The van der Waals surface area contributed by atoms with E-state index < -0.39 is 11.6 Å². The molecule has 0 aliphatic carbocycles. The van der Waals surface area contributed by atoms with Gasteiger partial charge in [-0.25, -0.2) is 8.78 Å². The fraction of sp³-hybridized carbons (Fsp3) is 0.235. The number of carbonyl (C=O) groups is 1. The zero-order valence-electron chi connectivity index (χ0n) is 12.4. The molecule has 0 bridgehead atoms. The molecular weight excluding hydrogens is 304 g/mol. The SMILES string of the molecule is CC(c1ccccc1)N(C)C(=O)CSc1ccc(F)c(F)c1. The summed E-state index contributed by atoms with van der Waals surface area (Å²) in [5, 5.41) is 0. The second-order valence-corrected chi connectivity index (χ2v) is 6.00. The summed E-state index contributed by atoms with van der Waals surface area (Å²) < 4.78 is 26.0. The third kappa shape index (κ3) is 4.07. The normalized spacial score (nSPS) is 12.0. The molecule has 0 aliphatic rings. The highest BCUT2D eigenvalue weighted by Gasteiger charge is 2.17. The van der Waals surface area contributed by atoms with Gasteiger partial charge in [0.05, 0.1) is 11.8 Å². The Morgan fingerprint density at radius 3 is 2.45 bits per heavy atom. The number of rotatable bonds is 5. The van der Waals surface area contributed by atoms with Gasteiger partial charge in [0.15, 0.2) is 11.6 Å². The van der Waals surface area contributed by atoms with Gasteiger partial charge in [0.1, 0.15) is 0 Å². The molecule has 1 unspecified atom stereocenters. The van der Waals surface area contributed by atoms with Gasteiger partial charge in [0.2, 0.25) is 5.91 Å². The molecule has 22 heavy (non-hydrogen) atoms. The minimum absolute atomic E-state index is 0.0424. The maximum absolute atomic E-state index is 13.1. The maximum Gasteiger partial charge on any atom is 0.233 e. The van der Waals surface area contributed by atoms with Crippen molar-refractivity contribution in [2.75, 3.05) is 12.8 Å². The number of thioether (sulfide) groups is 1. The van der Waals surface area contributed by atoms with E-state index in [1.54, 1.807) is 11.9 Å². The molecule has 0 saturated carbocycles. The molecular formula is C17H17F2NOS. The fourth-order valence-corrected chi connectivity index (χ4v) is 2.83. The van der Waals surface area contributed by atoms with E-state index in [0.29, 0.717) is 4.90 Å². The number of hydrogen-bond donors (Lipinski definition) is 0. The summed E-state index contributed by atoms with van der Waals surface area (Å²) in [7, 11) is 1.74. The van der Waals surface area contributed by atoms with E-state index in [1.807, 2.05) is 37.3 Å². The summed E-state index contributed by atoms with van der Waals surface area (Å²) in [4.78, 5) is 14.4. The lowest BCUT2D eigenvalue weighted by Crippen LogP contribution is -2.31. The van der Waals surface area contributed by atoms with E-state index in [9.17, 15) is 13.6 Å². The zero-order chi connectivity index (χ0) is 16.1. The van der Waals surface area contributed by atoms with E-state index in [4.69, 9.17) is 0 Å². The Bertz CT molecular complexity index is 648. The number of amides is 1. The number of hydrogen-bond acceptors (Lipinski definition) is 2. The van der Waals surface area contributed by atoms with Gasteiger partial charge < -0.3 is 4.90 Å². The highest BCUT2D eigenvalue weighted by Crippen LogP contribution is 2.23. The van der Waals surface area contributed by atoms with Gasteiger partial charge in [-0.05, 0) is 30.7 Å². The third-order valence-electron chi connectivity index (χ3n) is 3.51. The molecule has 0 N–H and O–H groups in total. The Balaban J connectivity index is 1.95. The first-order valence-corrected chi connectivity index (χ1v) is 7.86. The monoisotopic (exact) mass is 321 g/mol. The van der Waals surface area contributed by atoms with Gasteiger partial charge in [-0.1, -0.05) is 30.3 Å². The molecule has 1 amide bonds. The van der Waals surface area contributed by atoms with Crippen LogP contribution in [0.1, 0.15) is 18.5 Å². The second kappa shape index (κ2) is 7.40. The Morgan fingerprint density at radius 1 is 1.14 bits per heavy atom. The lowest BCUT2D eigenvalue weighted by molar-refractivity contribution is -0.128. The van der Waals surface area contributed by atoms with Crippen LogP contribution in [0.4, 0.5) is 8.78 Å². The predicted molar refractivity (Wildman–Crippen MR) is 84.7 cm³/mol. The van der Waals surface area contributed by atoms with Crippen molar-refractivity contribution in [3.63, 3.8) is 0 Å². The van der Waals surface area contributed by atoms with Crippen molar-refractivity contribution in [3.8, 4) is 0 Å². The zero-order valence-corrected chi connectivity index (χ0v) is 13.2. The van der Waals surface area contributed by atoms with Crippen molar-refractivity contribution in [2.24, 2.45) is 0 Å². The highest BCUT2D eigenvalue weighted by molar-refractivity contribution is 8.00. The van der Waals surface area contributed by atoms with Crippen LogP contribution in [0.15, 0.2) is 53.4 Å². The minimum Gasteiger partial charge on any atom is -0.338 e. The first kappa shape index (κ1) is 16.5. The van der Waals surface area contributed by atoms with Crippen LogP contribution in [0, 0.1) is 11.6 Å². The van der Waals surface area contributed by atoms with Crippen LogP contribution in [0.25, 0.3) is 0 Å². The quantitative estimate of drug-likeness (QED) is 0.766. The van der Waals surface area contributed by atoms with Crippen LogP contribution in [0.2, 0.25) is 0 Å². The van der Waals surface area contributed by atoms with E-state index in [1.165, 1.54) is 17.8 Å². The van der Waals surface area contributed by atoms with E-state index in [-0.39, 0.29) is 17.7 Å². The van der Waals surface area contributed by atoms with Gasteiger partial charge in [-0.3, -0.25) is 4.79 Å². The lowest BCUT2D eigenvalue weighted by Gasteiger charge is -2.25. The van der Waals surface area contributed by atoms with E-state index in [2.05, 4.69) is 0 Å². The minimum atomic E-state index is -0.900.